The van der Waals surface area contributed by atoms with Crippen LogP contribution < -0.4 is 4.74 Å². The highest BCUT2D eigenvalue weighted by Gasteiger charge is 2.54. The first-order valence-electron chi connectivity index (χ1n) is 8.80. The van der Waals surface area contributed by atoms with E-state index >= 15 is 0 Å². The number of para-hydroxylation sites is 1. The van der Waals surface area contributed by atoms with Crippen LogP contribution in [0.5, 0.6) is 5.75 Å². The van der Waals surface area contributed by atoms with E-state index in [1.165, 1.54) is 4.90 Å². The lowest BCUT2D eigenvalue weighted by molar-refractivity contribution is -0.457. The Morgan fingerprint density at radius 2 is 1.77 bits per heavy atom. The van der Waals surface area contributed by atoms with Gasteiger partial charge in [-0.1, -0.05) is 42.0 Å². The minimum atomic E-state index is -0.766. The summed E-state index contributed by atoms with van der Waals surface area (Å²) in [4.78, 5) is 27.4. The molecule has 0 fully saturated rings. The zero-order chi connectivity index (χ0) is 18.4. The van der Waals surface area contributed by atoms with E-state index in [0.29, 0.717) is 18.0 Å². The summed E-state index contributed by atoms with van der Waals surface area (Å²) in [5.74, 6) is 0.351. The molecule has 132 valence electrons. The summed E-state index contributed by atoms with van der Waals surface area (Å²) in [7, 11) is 0. The van der Waals surface area contributed by atoms with Gasteiger partial charge in [0.2, 0.25) is 0 Å². The number of amides is 3. The Hall–Kier alpha value is -2.95. The van der Waals surface area contributed by atoms with Gasteiger partial charge in [0, 0.05) is 0 Å². The van der Waals surface area contributed by atoms with Crippen molar-refractivity contribution in [3.8, 4) is 5.75 Å². The van der Waals surface area contributed by atoms with Crippen LogP contribution >= 0.6 is 0 Å². The third-order valence-corrected chi connectivity index (χ3v) is 4.82. The summed E-state index contributed by atoms with van der Waals surface area (Å²) in [5.41, 5.74) is 3.64. The molecule has 1 atom stereocenters. The lowest BCUT2D eigenvalue weighted by atomic mass is 10.0. The van der Waals surface area contributed by atoms with Gasteiger partial charge in [0.25, 0.3) is 6.10 Å². The van der Waals surface area contributed by atoms with E-state index in [4.69, 9.17) is 4.74 Å². The molecule has 0 N–H and O–H groups in total. The Kier molecular flexibility index (Phi) is 3.87. The molecule has 2 heterocycles. The molecule has 0 spiro atoms. The van der Waals surface area contributed by atoms with Gasteiger partial charge in [-0.25, -0.2) is 4.79 Å². The molecule has 2 aromatic rings. The van der Waals surface area contributed by atoms with E-state index in [1.807, 2.05) is 69.3 Å². The van der Waals surface area contributed by atoms with Gasteiger partial charge in [-0.15, -0.1) is 0 Å². The number of carbonyl (C=O) groups excluding carboxylic acids is 2. The van der Waals surface area contributed by atoms with Crippen molar-refractivity contribution in [1.82, 2.24) is 4.90 Å². The minimum Gasteiger partial charge on any atom is -0.469 e. The van der Waals surface area contributed by atoms with Crippen molar-refractivity contribution in [2.24, 2.45) is 0 Å². The number of aryl methyl sites for hydroxylation is 1. The Bertz CT molecular complexity index is 929. The summed E-state index contributed by atoms with van der Waals surface area (Å²) < 4.78 is 7.60. The van der Waals surface area contributed by atoms with E-state index < -0.39 is 6.10 Å². The first-order chi connectivity index (χ1) is 12.5. The molecule has 4 rings (SSSR count). The molecule has 2 aliphatic heterocycles. The summed E-state index contributed by atoms with van der Waals surface area (Å²) in [6, 6.07) is 15.0. The highest BCUT2D eigenvalue weighted by atomic mass is 16.5. The van der Waals surface area contributed by atoms with Crippen LogP contribution in [0, 0.1) is 6.92 Å². The van der Waals surface area contributed by atoms with Gasteiger partial charge in [-0.05, 0) is 38.5 Å². The molecule has 3 amide bonds. The molecule has 2 aliphatic rings. The molecule has 0 saturated carbocycles. The van der Waals surface area contributed by atoms with Crippen LogP contribution in [-0.2, 0) is 11.3 Å². The maximum absolute atomic E-state index is 13.2. The van der Waals surface area contributed by atoms with Crippen molar-refractivity contribution < 1.29 is 18.9 Å². The monoisotopic (exact) mass is 349 g/mol. The van der Waals surface area contributed by atoms with Crippen molar-refractivity contribution in [2.45, 2.75) is 39.5 Å². The van der Waals surface area contributed by atoms with Crippen LogP contribution in [0.2, 0.25) is 0 Å². The van der Waals surface area contributed by atoms with Crippen molar-refractivity contribution in [3.05, 3.63) is 65.2 Å². The predicted octanol–water partition coefficient (Wildman–Crippen LogP) is 3.13. The average Bonchev–Trinajstić information content (AvgIpc) is 3.00. The molecule has 5 heteroatoms. The van der Waals surface area contributed by atoms with Gasteiger partial charge in [0.15, 0.2) is 5.71 Å². The number of benzene rings is 2. The maximum Gasteiger partial charge on any atom is 0.501 e. The third kappa shape index (κ3) is 2.51. The van der Waals surface area contributed by atoms with E-state index in [1.54, 1.807) is 4.58 Å². The van der Waals surface area contributed by atoms with Gasteiger partial charge < -0.3 is 4.74 Å². The fourth-order valence-electron chi connectivity index (χ4n) is 3.52. The van der Waals surface area contributed by atoms with Crippen LogP contribution in [0.1, 0.15) is 30.5 Å². The van der Waals surface area contributed by atoms with Gasteiger partial charge >= 0.3 is 11.9 Å². The molecule has 26 heavy (non-hydrogen) atoms. The van der Waals surface area contributed by atoms with Crippen molar-refractivity contribution in [2.75, 3.05) is 0 Å². The zero-order valence-electron chi connectivity index (χ0n) is 15.1. The van der Waals surface area contributed by atoms with Gasteiger partial charge in [0.1, 0.15) is 18.3 Å². The molecule has 0 bridgehead atoms. The number of carbonyl (C=O) groups is 2. The number of rotatable bonds is 3. The minimum absolute atomic E-state index is 0.232. The Balaban J connectivity index is 1.87. The normalized spacial score (nSPS) is 18.9. The quantitative estimate of drug-likeness (QED) is 0.800. The second kappa shape index (κ2) is 6.09. The van der Waals surface area contributed by atoms with Gasteiger partial charge in [0.05, 0.1) is 5.56 Å². The Labute approximate surface area is 152 Å². The number of fused-ring (bicyclic) bond motifs is 3. The van der Waals surface area contributed by atoms with Crippen LogP contribution in [0.15, 0.2) is 48.5 Å². The third-order valence-electron chi connectivity index (χ3n) is 4.82. The van der Waals surface area contributed by atoms with Crippen molar-refractivity contribution >= 4 is 17.6 Å². The van der Waals surface area contributed by atoms with E-state index in [9.17, 15) is 9.59 Å². The zero-order valence-corrected chi connectivity index (χ0v) is 15.1. The van der Waals surface area contributed by atoms with Gasteiger partial charge in [-0.2, -0.15) is 14.3 Å². The first kappa shape index (κ1) is 16.5. The van der Waals surface area contributed by atoms with E-state index in [0.717, 1.165) is 16.7 Å². The van der Waals surface area contributed by atoms with Crippen LogP contribution in [-0.4, -0.2) is 39.3 Å². The number of ether oxygens (including phenoxy) is 1. The number of hydrogen-bond donors (Lipinski definition) is 0. The highest BCUT2D eigenvalue weighted by Crippen LogP contribution is 2.33. The molecule has 0 radical (unpaired) electrons. The Morgan fingerprint density at radius 1 is 1.08 bits per heavy atom. The standard InChI is InChI=1S/C21H21N2O3/c1-13(2)23-20(24)19-18(16-6-4-5-7-17(16)26-19)22(21(23)25)12-15-10-8-14(3)9-11-15/h4-11,13,19H,12H2,1-3H3/q+1. The first-order valence-corrected chi connectivity index (χ1v) is 8.80. The molecular formula is C21H21N2O3+. The average molecular weight is 349 g/mol. The largest absolute Gasteiger partial charge is 0.501 e. The van der Waals surface area contributed by atoms with Crippen LogP contribution in [0.25, 0.3) is 0 Å². The fourth-order valence-corrected chi connectivity index (χ4v) is 3.52. The number of hydrogen-bond acceptors (Lipinski definition) is 3. The van der Waals surface area contributed by atoms with E-state index in [-0.39, 0.29) is 18.0 Å². The molecule has 5 nitrogen and oxygen atoms in total. The summed E-state index contributed by atoms with van der Waals surface area (Å²) in [6.45, 7) is 6.11. The second-order valence-electron chi connectivity index (χ2n) is 7.04. The number of imide groups is 1. The highest BCUT2D eigenvalue weighted by molar-refractivity contribution is 6.22. The molecular weight excluding hydrogens is 328 g/mol. The summed E-state index contributed by atoms with van der Waals surface area (Å²) >= 11 is 0. The second-order valence-corrected chi connectivity index (χ2v) is 7.04. The number of urea groups is 1. The molecule has 2 aromatic carbocycles. The molecule has 1 unspecified atom stereocenters. The van der Waals surface area contributed by atoms with Gasteiger partial charge in [-0.3, -0.25) is 0 Å². The lowest BCUT2D eigenvalue weighted by Gasteiger charge is -2.26. The van der Waals surface area contributed by atoms with Crippen molar-refractivity contribution in [3.63, 3.8) is 0 Å². The topological polar surface area (TPSA) is 49.6 Å². The number of nitrogens with zero attached hydrogens (tertiary/aromatic N) is 2. The smallest absolute Gasteiger partial charge is 0.469 e. The summed E-state index contributed by atoms with van der Waals surface area (Å²) in [6.07, 6.45) is -0.766. The van der Waals surface area contributed by atoms with Crippen molar-refractivity contribution in [1.29, 1.82) is 0 Å². The summed E-state index contributed by atoms with van der Waals surface area (Å²) in [5, 5.41) is 0. The molecule has 0 aromatic heterocycles. The molecule has 0 aliphatic carbocycles. The fraction of sp³-hybridized carbons (Fsp3) is 0.286. The SMILES string of the molecule is Cc1ccc(C[N+]2=C3c4ccccc4OC3C(=O)N(C(C)C)C2=O)cc1. The van der Waals surface area contributed by atoms with E-state index in [2.05, 4.69) is 0 Å². The van der Waals surface area contributed by atoms with Crippen LogP contribution in [0.4, 0.5) is 4.79 Å². The maximum atomic E-state index is 13.2. The Morgan fingerprint density at radius 3 is 2.46 bits per heavy atom. The van der Waals surface area contributed by atoms with Crippen LogP contribution in [0.3, 0.4) is 0 Å². The molecule has 0 saturated heterocycles. The predicted molar refractivity (Wildman–Crippen MR) is 97.5 cm³/mol. The lowest BCUT2D eigenvalue weighted by Crippen LogP contribution is -2.59.